The molecule has 0 aliphatic heterocycles. The van der Waals surface area contributed by atoms with Crippen molar-refractivity contribution in [2.24, 2.45) is 0 Å². The van der Waals surface area contributed by atoms with Gasteiger partial charge in [-0.2, -0.15) is 0 Å². The zero-order chi connectivity index (χ0) is 14.1. The second-order valence-electron chi connectivity index (χ2n) is 3.85. The molecule has 0 fully saturated rings. The van der Waals surface area contributed by atoms with Crippen LogP contribution in [-0.2, 0) is 14.3 Å². The van der Waals surface area contributed by atoms with Crippen LogP contribution in [-0.4, -0.2) is 54.7 Å². The fraction of sp³-hybridized carbons (Fsp3) is 0.727. The molecular formula is C11H20N2O5. The smallest absolute Gasteiger partial charge is 0.326 e. The van der Waals surface area contributed by atoms with E-state index in [2.05, 4.69) is 10.1 Å². The second-order valence-corrected chi connectivity index (χ2v) is 3.85. The number of rotatable bonds is 7. The summed E-state index contributed by atoms with van der Waals surface area (Å²) in [6, 6.07) is -1.35. The largest absolute Gasteiger partial charge is 0.480 e. The highest BCUT2D eigenvalue weighted by molar-refractivity contribution is 5.82. The van der Waals surface area contributed by atoms with Crippen molar-refractivity contribution in [2.45, 2.75) is 32.2 Å². The maximum Gasteiger partial charge on any atom is 0.326 e. The van der Waals surface area contributed by atoms with Crippen LogP contribution in [0.4, 0.5) is 4.79 Å². The van der Waals surface area contributed by atoms with E-state index in [9.17, 15) is 14.4 Å². The van der Waals surface area contributed by atoms with E-state index in [4.69, 9.17) is 5.11 Å². The number of carboxylic acid groups (broad SMARTS) is 1. The summed E-state index contributed by atoms with van der Waals surface area (Å²) in [5.74, 6) is -1.39. The standard InChI is InChI=1S/C11H20N2O5/c1-4-8(10(15)16)12-11(17)13(2)7-5-6-9(14)18-3/h8H,4-7H2,1-3H3,(H,12,17)(H,15,16)/t8-/m1/s1. The normalized spacial score (nSPS) is 11.5. The van der Waals surface area contributed by atoms with Crippen LogP contribution in [0.5, 0.6) is 0 Å². The summed E-state index contributed by atoms with van der Waals surface area (Å²) >= 11 is 0. The lowest BCUT2D eigenvalue weighted by molar-refractivity contribution is -0.141. The Morgan fingerprint density at radius 1 is 1.39 bits per heavy atom. The fourth-order valence-electron chi connectivity index (χ4n) is 1.26. The van der Waals surface area contributed by atoms with Crippen LogP contribution in [0.2, 0.25) is 0 Å². The molecule has 18 heavy (non-hydrogen) atoms. The van der Waals surface area contributed by atoms with Gasteiger partial charge in [0.25, 0.3) is 0 Å². The molecule has 7 nitrogen and oxygen atoms in total. The molecule has 0 spiro atoms. The number of aliphatic carboxylic acids is 1. The van der Waals surface area contributed by atoms with Crippen LogP contribution in [0.15, 0.2) is 0 Å². The minimum absolute atomic E-state index is 0.226. The van der Waals surface area contributed by atoms with Crippen LogP contribution in [0.3, 0.4) is 0 Å². The fourth-order valence-corrected chi connectivity index (χ4v) is 1.26. The van der Waals surface area contributed by atoms with E-state index in [-0.39, 0.29) is 12.4 Å². The van der Waals surface area contributed by atoms with Gasteiger partial charge in [0, 0.05) is 20.0 Å². The Labute approximate surface area is 106 Å². The second kappa shape index (κ2) is 8.32. The summed E-state index contributed by atoms with van der Waals surface area (Å²) < 4.78 is 4.47. The van der Waals surface area contributed by atoms with Crippen molar-refractivity contribution < 1.29 is 24.2 Å². The quantitative estimate of drug-likeness (QED) is 0.648. The first-order valence-corrected chi connectivity index (χ1v) is 5.73. The number of urea groups is 1. The van der Waals surface area contributed by atoms with Gasteiger partial charge in [-0.15, -0.1) is 0 Å². The number of hydrogen-bond acceptors (Lipinski definition) is 4. The van der Waals surface area contributed by atoms with Crippen molar-refractivity contribution in [3.05, 3.63) is 0 Å². The lowest BCUT2D eigenvalue weighted by Gasteiger charge is -2.20. The molecule has 104 valence electrons. The van der Waals surface area contributed by atoms with Gasteiger partial charge in [0.2, 0.25) is 0 Å². The van der Waals surface area contributed by atoms with Crippen LogP contribution < -0.4 is 5.32 Å². The van der Waals surface area contributed by atoms with Gasteiger partial charge in [0.1, 0.15) is 6.04 Å². The predicted molar refractivity (Wildman–Crippen MR) is 64.1 cm³/mol. The van der Waals surface area contributed by atoms with E-state index in [0.717, 1.165) is 0 Å². The van der Waals surface area contributed by atoms with E-state index >= 15 is 0 Å². The third-order valence-corrected chi connectivity index (χ3v) is 2.45. The van der Waals surface area contributed by atoms with Crippen LogP contribution >= 0.6 is 0 Å². The van der Waals surface area contributed by atoms with E-state index in [0.29, 0.717) is 19.4 Å². The van der Waals surface area contributed by atoms with Crippen LogP contribution in [0, 0.1) is 0 Å². The molecule has 0 aromatic rings. The van der Waals surface area contributed by atoms with E-state index in [1.165, 1.54) is 12.0 Å². The molecule has 1 atom stereocenters. The van der Waals surface area contributed by atoms with Gasteiger partial charge in [-0.05, 0) is 12.8 Å². The number of methoxy groups -OCH3 is 1. The van der Waals surface area contributed by atoms with Gasteiger partial charge in [-0.3, -0.25) is 4.79 Å². The molecule has 0 aromatic carbocycles. The van der Waals surface area contributed by atoms with E-state index in [1.807, 2.05) is 0 Å². The summed E-state index contributed by atoms with van der Waals surface area (Å²) in [5.41, 5.74) is 0. The summed E-state index contributed by atoms with van der Waals surface area (Å²) in [7, 11) is 2.85. The summed E-state index contributed by atoms with van der Waals surface area (Å²) in [5, 5.41) is 11.2. The number of amides is 2. The molecule has 7 heteroatoms. The zero-order valence-corrected chi connectivity index (χ0v) is 10.9. The maximum atomic E-state index is 11.6. The predicted octanol–water partition coefficient (Wildman–Crippen LogP) is 0.444. The molecule has 0 aromatic heterocycles. The molecule has 0 aliphatic rings. The van der Waals surface area contributed by atoms with Gasteiger partial charge >= 0.3 is 18.0 Å². The van der Waals surface area contributed by atoms with Crippen molar-refractivity contribution in [3.8, 4) is 0 Å². The third kappa shape index (κ3) is 6.07. The first kappa shape index (κ1) is 16.2. The highest BCUT2D eigenvalue weighted by Gasteiger charge is 2.19. The van der Waals surface area contributed by atoms with Gasteiger partial charge in [0.15, 0.2) is 0 Å². The number of hydrogen-bond donors (Lipinski definition) is 2. The summed E-state index contributed by atoms with van der Waals surface area (Å²) in [6.45, 7) is 2.04. The Morgan fingerprint density at radius 3 is 2.44 bits per heavy atom. The first-order chi connectivity index (χ1) is 8.42. The number of nitrogens with one attached hydrogen (secondary N) is 1. The Bertz CT molecular complexity index is 306. The number of carbonyl (C=O) groups is 3. The molecule has 0 radical (unpaired) electrons. The number of esters is 1. The van der Waals surface area contributed by atoms with Crippen molar-refractivity contribution in [3.63, 3.8) is 0 Å². The van der Waals surface area contributed by atoms with Gasteiger partial charge < -0.3 is 20.1 Å². The minimum atomic E-state index is -1.06. The molecule has 0 aliphatic carbocycles. The maximum absolute atomic E-state index is 11.6. The Kier molecular flexibility index (Phi) is 7.50. The lowest BCUT2D eigenvalue weighted by atomic mass is 10.2. The molecule has 0 saturated carbocycles. The van der Waals surface area contributed by atoms with E-state index < -0.39 is 18.0 Å². The zero-order valence-electron chi connectivity index (χ0n) is 10.9. The number of nitrogens with zero attached hydrogens (tertiary/aromatic N) is 1. The topological polar surface area (TPSA) is 95.9 Å². The summed E-state index contributed by atoms with van der Waals surface area (Å²) in [6.07, 6.45) is 1.02. The molecular weight excluding hydrogens is 240 g/mol. The number of carboxylic acids is 1. The highest BCUT2D eigenvalue weighted by Crippen LogP contribution is 1.97. The van der Waals surface area contributed by atoms with Gasteiger partial charge in [0.05, 0.1) is 7.11 Å². The molecule has 0 saturated heterocycles. The average Bonchev–Trinajstić information content (AvgIpc) is 2.34. The SMILES string of the molecule is CC[C@@H](NC(=O)N(C)CCCC(=O)OC)C(=O)O. The Balaban J connectivity index is 4.02. The molecule has 2 N–H and O–H groups in total. The molecule has 0 heterocycles. The number of carbonyl (C=O) groups excluding carboxylic acids is 2. The average molecular weight is 260 g/mol. The molecule has 0 rings (SSSR count). The Hall–Kier alpha value is -1.79. The summed E-state index contributed by atoms with van der Waals surface area (Å²) in [4.78, 5) is 34.5. The monoisotopic (exact) mass is 260 g/mol. The molecule has 2 amide bonds. The number of ether oxygens (including phenoxy) is 1. The van der Waals surface area contributed by atoms with Crippen LogP contribution in [0.25, 0.3) is 0 Å². The van der Waals surface area contributed by atoms with E-state index in [1.54, 1.807) is 14.0 Å². The molecule has 0 bridgehead atoms. The molecule has 0 unspecified atom stereocenters. The van der Waals surface area contributed by atoms with Crippen molar-refractivity contribution in [2.75, 3.05) is 20.7 Å². The van der Waals surface area contributed by atoms with Gasteiger partial charge in [-0.1, -0.05) is 6.92 Å². The van der Waals surface area contributed by atoms with Gasteiger partial charge in [-0.25, -0.2) is 9.59 Å². The van der Waals surface area contributed by atoms with Crippen LogP contribution in [0.1, 0.15) is 26.2 Å². The van der Waals surface area contributed by atoms with Crippen molar-refractivity contribution in [1.82, 2.24) is 10.2 Å². The first-order valence-electron chi connectivity index (χ1n) is 5.73. The lowest BCUT2D eigenvalue weighted by Crippen LogP contribution is -2.46. The third-order valence-electron chi connectivity index (χ3n) is 2.45. The minimum Gasteiger partial charge on any atom is -0.480 e. The van der Waals surface area contributed by atoms with Crippen molar-refractivity contribution >= 4 is 18.0 Å². The highest BCUT2D eigenvalue weighted by atomic mass is 16.5. The Morgan fingerprint density at radius 2 is 2.00 bits per heavy atom. The van der Waals surface area contributed by atoms with Crippen molar-refractivity contribution in [1.29, 1.82) is 0 Å².